The predicted octanol–water partition coefficient (Wildman–Crippen LogP) is 2.91. The van der Waals surface area contributed by atoms with Crippen LogP contribution in [-0.2, 0) is 14.3 Å². The molecule has 1 aromatic rings. The maximum absolute atomic E-state index is 10.9. The molecule has 0 amide bonds. The van der Waals surface area contributed by atoms with Gasteiger partial charge in [-0.1, -0.05) is 19.1 Å². The van der Waals surface area contributed by atoms with Gasteiger partial charge in [-0.3, -0.25) is 0 Å². The maximum atomic E-state index is 10.9. The van der Waals surface area contributed by atoms with Gasteiger partial charge in [-0.25, -0.2) is 0 Å². The Kier molecular flexibility index (Phi) is 4.78. The lowest BCUT2D eigenvalue weighted by atomic mass is 9.98. The van der Waals surface area contributed by atoms with E-state index in [1.807, 2.05) is 45.0 Å². The van der Waals surface area contributed by atoms with Crippen molar-refractivity contribution in [3.8, 4) is 5.75 Å². The number of rotatable bonds is 6. The summed E-state index contributed by atoms with van der Waals surface area (Å²) in [5.74, 6) is 0.232. The molecule has 0 aromatic heterocycles. The molecule has 1 aliphatic heterocycles. The van der Waals surface area contributed by atoms with E-state index in [-0.39, 0.29) is 12.0 Å². The molecule has 1 saturated heterocycles. The van der Waals surface area contributed by atoms with Crippen LogP contribution < -0.4 is 4.74 Å². The highest BCUT2D eigenvalue weighted by molar-refractivity contribution is 5.62. The van der Waals surface area contributed by atoms with Crippen molar-refractivity contribution >= 4 is 6.29 Å². The number of hydrogen-bond acceptors (Lipinski definition) is 4. The van der Waals surface area contributed by atoms with Gasteiger partial charge in [0.2, 0.25) is 0 Å². The predicted molar refractivity (Wildman–Crippen MR) is 75.9 cm³/mol. The third-order valence-corrected chi connectivity index (χ3v) is 3.42. The first-order valence-corrected chi connectivity index (χ1v) is 7.04. The van der Waals surface area contributed by atoms with E-state index < -0.39 is 5.79 Å². The number of carbonyl (C=O) groups excluding carboxylic acids is 1. The Hall–Kier alpha value is -1.39. The minimum Gasteiger partial charge on any atom is -0.491 e. The summed E-state index contributed by atoms with van der Waals surface area (Å²) >= 11 is 0. The van der Waals surface area contributed by atoms with Gasteiger partial charge in [0, 0.05) is 5.92 Å². The second-order valence-electron chi connectivity index (χ2n) is 5.48. The molecule has 1 fully saturated rings. The molecule has 0 aliphatic carbocycles. The lowest BCUT2D eigenvalue weighted by Crippen LogP contribution is -2.25. The first-order chi connectivity index (χ1) is 9.54. The van der Waals surface area contributed by atoms with Gasteiger partial charge in [0.05, 0.1) is 6.61 Å². The summed E-state index contributed by atoms with van der Waals surface area (Å²) in [6.07, 6.45) is 1.76. The van der Waals surface area contributed by atoms with Crippen molar-refractivity contribution in [3.63, 3.8) is 0 Å². The number of hydrogen-bond donors (Lipinski definition) is 0. The zero-order chi connectivity index (χ0) is 14.6. The molecular weight excluding hydrogens is 256 g/mol. The number of carbonyl (C=O) groups is 1. The van der Waals surface area contributed by atoms with Crippen molar-refractivity contribution < 1.29 is 19.0 Å². The summed E-state index contributed by atoms with van der Waals surface area (Å²) < 4.78 is 16.8. The molecule has 0 bridgehead atoms. The number of aldehydes is 1. The van der Waals surface area contributed by atoms with Crippen LogP contribution in [0.2, 0.25) is 0 Å². The van der Waals surface area contributed by atoms with Crippen LogP contribution in [0.5, 0.6) is 5.75 Å². The highest BCUT2D eigenvalue weighted by atomic mass is 16.7. The van der Waals surface area contributed by atoms with Gasteiger partial charge < -0.3 is 19.0 Å². The van der Waals surface area contributed by atoms with E-state index in [0.717, 1.165) is 24.0 Å². The highest BCUT2D eigenvalue weighted by Gasteiger charge is 2.32. The Morgan fingerprint density at radius 2 is 2.10 bits per heavy atom. The Morgan fingerprint density at radius 3 is 2.60 bits per heavy atom. The summed E-state index contributed by atoms with van der Waals surface area (Å²) in [5, 5.41) is 0. The van der Waals surface area contributed by atoms with Crippen molar-refractivity contribution in [1.29, 1.82) is 0 Å². The second kappa shape index (κ2) is 6.37. The summed E-state index contributed by atoms with van der Waals surface area (Å²) in [4.78, 5) is 10.9. The topological polar surface area (TPSA) is 44.8 Å². The molecule has 0 spiro atoms. The summed E-state index contributed by atoms with van der Waals surface area (Å²) in [7, 11) is 0. The van der Waals surface area contributed by atoms with Gasteiger partial charge in [0.15, 0.2) is 5.79 Å². The molecule has 1 aromatic carbocycles. The summed E-state index contributed by atoms with van der Waals surface area (Å²) in [6.45, 7) is 6.81. The first kappa shape index (κ1) is 15.0. The van der Waals surface area contributed by atoms with E-state index in [2.05, 4.69) is 0 Å². The molecule has 0 radical (unpaired) electrons. The fraction of sp³-hybridized carbons (Fsp3) is 0.562. The fourth-order valence-electron chi connectivity index (χ4n) is 2.26. The van der Waals surface area contributed by atoms with Gasteiger partial charge in [0.25, 0.3) is 0 Å². The van der Waals surface area contributed by atoms with E-state index in [1.54, 1.807) is 0 Å². The quantitative estimate of drug-likeness (QED) is 0.751. The Balaban J connectivity index is 1.87. The first-order valence-electron chi connectivity index (χ1n) is 7.04. The van der Waals surface area contributed by atoms with Crippen LogP contribution in [0.3, 0.4) is 0 Å². The normalized spacial score (nSPS) is 22.4. The molecule has 4 nitrogen and oxygen atoms in total. The molecule has 1 aliphatic rings. The molecule has 2 rings (SSSR count). The van der Waals surface area contributed by atoms with Crippen LogP contribution in [0, 0.1) is 0 Å². The Morgan fingerprint density at radius 1 is 1.40 bits per heavy atom. The van der Waals surface area contributed by atoms with Gasteiger partial charge in [-0.05, 0) is 38.0 Å². The fourth-order valence-corrected chi connectivity index (χ4v) is 2.26. The van der Waals surface area contributed by atoms with Gasteiger partial charge in [0.1, 0.15) is 24.7 Å². The highest BCUT2D eigenvalue weighted by Crippen LogP contribution is 2.24. The zero-order valence-corrected chi connectivity index (χ0v) is 12.3. The van der Waals surface area contributed by atoms with Gasteiger partial charge in [-0.15, -0.1) is 0 Å². The van der Waals surface area contributed by atoms with Crippen LogP contribution in [-0.4, -0.2) is 31.4 Å². The largest absolute Gasteiger partial charge is 0.491 e. The lowest BCUT2D eigenvalue weighted by Gasteiger charge is -2.17. The minimum absolute atomic E-state index is 0.0311. The molecule has 0 saturated carbocycles. The average Bonchev–Trinajstić information content (AvgIpc) is 2.79. The molecule has 0 N–H and O–H groups in total. The van der Waals surface area contributed by atoms with E-state index in [0.29, 0.717) is 13.2 Å². The van der Waals surface area contributed by atoms with E-state index in [4.69, 9.17) is 14.2 Å². The Labute approximate surface area is 120 Å². The summed E-state index contributed by atoms with van der Waals surface area (Å²) in [5.41, 5.74) is 1.02. The third kappa shape index (κ3) is 3.81. The van der Waals surface area contributed by atoms with Gasteiger partial charge >= 0.3 is 0 Å². The van der Waals surface area contributed by atoms with Crippen LogP contribution in [0.4, 0.5) is 0 Å². The van der Waals surface area contributed by atoms with Crippen molar-refractivity contribution in [1.82, 2.24) is 0 Å². The van der Waals surface area contributed by atoms with Crippen LogP contribution in [0.1, 0.15) is 38.7 Å². The average molecular weight is 278 g/mol. The van der Waals surface area contributed by atoms with Crippen molar-refractivity contribution in [2.24, 2.45) is 0 Å². The smallest absolute Gasteiger partial charge is 0.163 e. The van der Waals surface area contributed by atoms with E-state index >= 15 is 0 Å². The number of benzene rings is 1. The van der Waals surface area contributed by atoms with Crippen LogP contribution in [0.15, 0.2) is 24.3 Å². The van der Waals surface area contributed by atoms with Crippen molar-refractivity contribution in [3.05, 3.63) is 29.8 Å². The standard InChI is InChI=1S/C16H22O4/c1-4-12(9-17)13-5-7-14(8-6-13)18-10-15-11-19-16(2,3)20-15/h5-9,12,15H,4,10-11H2,1-3H3/t12?,15-/m1/s1. The van der Waals surface area contributed by atoms with E-state index in [1.165, 1.54) is 0 Å². The second-order valence-corrected chi connectivity index (χ2v) is 5.48. The van der Waals surface area contributed by atoms with Crippen molar-refractivity contribution in [2.75, 3.05) is 13.2 Å². The molecule has 4 heteroatoms. The number of ether oxygens (including phenoxy) is 3. The van der Waals surface area contributed by atoms with Gasteiger partial charge in [-0.2, -0.15) is 0 Å². The zero-order valence-electron chi connectivity index (χ0n) is 12.3. The maximum Gasteiger partial charge on any atom is 0.163 e. The van der Waals surface area contributed by atoms with Crippen molar-refractivity contribution in [2.45, 2.75) is 45.0 Å². The minimum atomic E-state index is -0.518. The van der Waals surface area contributed by atoms with Crippen LogP contribution >= 0.6 is 0 Å². The molecule has 110 valence electrons. The SMILES string of the molecule is CCC(C=O)c1ccc(OC[C@@H]2COC(C)(C)O2)cc1. The molecule has 2 atom stereocenters. The summed E-state index contributed by atoms with van der Waals surface area (Å²) in [6, 6.07) is 7.66. The molecular formula is C16H22O4. The molecule has 1 heterocycles. The monoisotopic (exact) mass is 278 g/mol. The van der Waals surface area contributed by atoms with Crippen LogP contribution in [0.25, 0.3) is 0 Å². The molecule has 1 unspecified atom stereocenters. The molecule has 20 heavy (non-hydrogen) atoms. The third-order valence-electron chi connectivity index (χ3n) is 3.42. The van der Waals surface area contributed by atoms with E-state index in [9.17, 15) is 4.79 Å². The Bertz CT molecular complexity index is 438. The lowest BCUT2D eigenvalue weighted by molar-refractivity contribution is -0.141.